The highest BCUT2D eigenvalue weighted by atomic mass is 79.9. The topological polar surface area (TPSA) is 57.9 Å². The number of nitrogens with zero attached hydrogens (tertiary/aromatic N) is 1. The van der Waals surface area contributed by atoms with E-state index in [4.69, 9.17) is 11.6 Å². The van der Waals surface area contributed by atoms with Gasteiger partial charge in [-0.1, -0.05) is 45.7 Å². The molecule has 0 aliphatic heterocycles. The summed E-state index contributed by atoms with van der Waals surface area (Å²) in [5.41, 5.74) is 0.617. The predicted molar refractivity (Wildman–Crippen MR) is 86.4 cm³/mol. The third-order valence-corrected chi connectivity index (χ3v) is 5.37. The molecule has 2 aromatic rings. The van der Waals surface area contributed by atoms with Crippen molar-refractivity contribution in [2.45, 2.75) is 4.90 Å². The van der Waals surface area contributed by atoms with Crippen LogP contribution in [0, 0.1) is 11.3 Å². The number of rotatable bonds is 3. The lowest BCUT2D eigenvalue weighted by atomic mass is 10.2. The van der Waals surface area contributed by atoms with E-state index in [1.807, 2.05) is 0 Å². The van der Waals surface area contributed by atoms with E-state index in [9.17, 15) is 13.7 Å². The van der Waals surface area contributed by atoms with Crippen molar-refractivity contribution >= 4 is 43.4 Å². The van der Waals surface area contributed by atoms with Crippen LogP contribution in [0.2, 0.25) is 5.02 Å². The molecule has 0 saturated heterocycles. The lowest BCUT2D eigenvalue weighted by Gasteiger charge is -2.04. The van der Waals surface area contributed by atoms with E-state index in [1.165, 1.54) is 30.3 Å². The average molecular weight is 383 g/mol. The van der Waals surface area contributed by atoms with Gasteiger partial charge in [-0.3, -0.25) is 0 Å². The largest absolute Gasteiger partial charge is 0.218 e. The van der Waals surface area contributed by atoms with Crippen molar-refractivity contribution in [1.82, 2.24) is 0 Å². The molecular weight excluding hydrogens is 374 g/mol. The zero-order valence-corrected chi connectivity index (χ0v) is 13.8. The summed E-state index contributed by atoms with van der Waals surface area (Å²) in [4.78, 5) is -0.288. The number of allylic oxidation sites excluding steroid dienone is 1. The fourth-order valence-corrected chi connectivity index (χ4v) is 3.32. The monoisotopic (exact) mass is 381 g/mol. The van der Waals surface area contributed by atoms with Crippen LogP contribution in [0.4, 0.5) is 0 Å². The van der Waals surface area contributed by atoms with Gasteiger partial charge in [0.2, 0.25) is 9.84 Å². The summed E-state index contributed by atoms with van der Waals surface area (Å²) in [5, 5.41) is 9.62. The van der Waals surface area contributed by atoms with Gasteiger partial charge in [0.1, 0.15) is 11.0 Å². The Hall–Kier alpha value is -1.61. The Bertz CT molecular complexity index is 837. The van der Waals surface area contributed by atoms with E-state index < -0.39 is 9.84 Å². The zero-order valence-electron chi connectivity index (χ0n) is 10.6. The number of hydrogen-bond acceptors (Lipinski definition) is 3. The average Bonchev–Trinajstić information content (AvgIpc) is 2.46. The molecule has 0 amide bonds. The van der Waals surface area contributed by atoms with Crippen molar-refractivity contribution in [2.24, 2.45) is 0 Å². The Morgan fingerprint density at radius 3 is 2.33 bits per heavy atom. The first-order valence-electron chi connectivity index (χ1n) is 5.82. The summed E-state index contributed by atoms with van der Waals surface area (Å²) in [6.07, 6.45) is 1.34. The lowest BCUT2D eigenvalue weighted by Crippen LogP contribution is -2.03. The van der Waals surface area contributed by atoms with Gasteiger partial charge in [-0.05, 0) is 42.0 Å². The van der Waals surface area contributed by atoms with Crippen molar-refractivity contribution in [3.8, 4) is 6.07 Å². The van der Waals surface area contributed by atoms with Crippen LogP contribution in [0.5, 0.6) is 0 Å². The third kappa shape index (κ3) is 3.53. The van der Waals surface area contributed by atoms with Crippen molar-refractivity contribution in [2.75, 3.05) is 0 Å². The van der Waals surface area contributed by atoms with E-state index in [0.29, 0.717) is 15.1 Å². The number of halogens is 2. The van der Waals surface area contributed by atoms with Gasteiger partial charge in [0.05, 0.1) is 4.90 Å². The fourth-order valence-electron chi connectivity index (χ4n) is 1.64. The molecule has 0 heterocycles. The molecule has 21 heavy (non-hydrogen) atoms. The maximum atomic E-state index is 12.4. The summed E-state index contributed by atoms with van der Waals surface area (Å²) >= 11 is 9.07. The number of sulfone groups is 1. The second kappa shape index (κ2) is 6.44. The standard InChI is InChI=1S/C15H9BrClNO2S/c16-15-4-2-1-3-11(15)9-14(10-18)21(19,20)13-7-5-12(17)6-8-13/h1-9H. The molecular formula is C15H9BrClNO2S. The summed E-state index contributed by atoms with van der Waals surface area (Å²) < 4.78 is 25.6. The lowest BCUT2D eigenvalue weighted by molar-refractivity contribution is 0.603. The van der Waals surface area contributed by atoms with E-state index in [2.05, 4.69) is 15.9 Å². The highest BCUT2D eigenvalue weighted by molar-refractivity contribution is 9.10. The molecule has 0 unspecified atom stereocenters. The van der Waals surface area contributed by atoms with Crippen LogP contribution >= 0.6 is 27.5 Å². The summed E-state index contributed by atoms with van der Waals surface area (Å²) in [6, 6.07) is 14.5. The Morgan fingerprint density at radius 2 is 1.76 bits per heavy atom. The number of nitriles is 1. The quantitative estimate of drug-likeness (QED) is 0.737. The van der Waals surface area contributed by atoms with Crippen molar-refractivity contribution < 1.29 is 8.42 Å². The fraction of sp³-hybridized carbons (Fsp3) is 0. The molecule has 0 aromatic heterocycles. The van der Waals surface area contributed by atoms with Gasteiger partial charge < -0.3 is 0 Å². The van der Waals surface area contributed by atoms with Gasteiger partial charge in [-0.2, -0.15) is 5.26 Å². The van der Waals surface area contributed by atoms with Crippen LogP contribution in [0.3, 0.4) is 0 Å². The molecule has 0 aliphatic rings. The zero-order chi connectivity index (χ0) is 15.5. The van der Waals surface area contributed by atoms with Gasteiger partial charge in [0.25, 0.3) is 0 Å². The maximum absolute atomic E-state index is 12.4. The number of hydrogen-bond donors (Lipinski definition) is 0. The van der Waals surface area contributed by atoms with Crippen LogP contribution in [-0.4, -0.2) is 8.42 Å². The third-order valence-electron chi connectivity index (χ3n) is 2.72. The molecule has 0 aliphatic carbocycles. The predicted octanol–water partition coefficient (Wildman–Crippen LogP) is 4.44. The van der Waals surface area contributed by atoms with Crippen molar-refractivity contribution in [3.63, 3.8) is 0 Å². The van der Waals surface area contributed by atoms with E-state index in [0.717, 1.165) is 0 Å². The Balaban J connectivity index is 2.53. The first-order valence-corrected chi connectivity index (χ1v) is 8.47. The minimum absolute atomic E-state index is 0.0340. The molecule has 3 nitrogen and oxygen atoms in total. The molecule has 106 valence electrons. The normalized spacial score (nSPS) is 12.0. The molecule has 0 radical (unpaired) electrons. The van der Waals surface area contributed by atoms with Gasteiger partial charge in [0, 0.05) is 9.50 Å². The Morgan fingerprint density at radius 1 is 1.14 bits per heavy atom. The van der Waals surface area contributed by atoms with Crippen LogP contribution < -0.4 is 0 Å². The van der Waals surface area contributed by atoms with Crippen LogP contribution in [-0.2, 0) is 9.84 Å². The molecule has 2 aromatic carbocycles. The van der Waals surface area contributed by atoms with Gasteiger partial charge in [-0.15, -0.1) is 0 Å². The number of benzene rings is 2. The first-order chi connectivity index (χ1) is 9.95. The summed E-state index contributed by atoms with van der Waals surface area (Å²) in [7, 11) is -3.86. The Labute approximate surface area is 136 Å². The van der Waals surface area contributed by atoms with Crippen molar-refractivity contribution in [1.29, 1.82) is 5.26 Å². The molecule has 0 fully saturated rings. The molecule has 0 N–H and O–H groups in total. The smallest absolute Gasteiger partial charge is 0.216 e. The first kappa shape index (κ1) is 15.8. The second-order valence-electron chi connectivity index (χ2n) is 4.10. The molecule has 0 spiro atoms. The maximum Gasteiger partial charge on any atom is 0.216 e. The SMILES string of the molecule is N#CC(=Cc1ccccc1Br)S(=O)(=O)c1ccc(Cl)cc1. The highest BCUT2D eigenvalue weighted by Crippen LogP contribution is 2.25. The minimum atomic E-state index is -3.86. The summed E-state index contributed by atoms with van der Waals surface area (Å²) in [6.45, 7) is 0. The molecule has 0 saturated carbocycles. The molecule has 2 rings (SSSR count). The Kier molecular flexibility index (Phi) is 4.84. The van der Waals surface area contributed by atoms with E-state index >= 15 is 0 Å². The second-order valence-corrected chi connectivity index (χ2v) is 7.31. The van der Waals surface area contributed by atoms with Crippen LogP contribution in [0.1, 0.15) is 5.56 Å². The van der Waals surface area contributed by atoms with Crippen LogP contribution in [0.25, 0.3) is 6.08 Å². The molecule has 0 atom stereocenters. The van der Waals surface area contributed by atoms with Gasteiger partial charge in [-0.25, -0.2) is 8.42 Å². The van der Waals surface area contributed by atoms with Gasteiger partial charge >= 0.3 is 0 Å². The van der Waals surface area contributed by atoms with Crippen LogP contribution in [0.15, 0.2) is 62.8 Å². The molecule has 6 heteroatoms. The minimum Gasteiger partial charge on any atom is -0.218 e. The summed E-state index contributed by atoms with van der Waals surface area (Å²) in [5.74, 6) is 0. The molecule has 0 bridgehead atoms. The van der Waals surface area contributed by atoms with Gasteiger partial charge in [0.15, 0.2) is 0 Å². The van der Waals surface area contributed by atoms with Crippen molar-refractivity contribution in [3.05, 3.63) is 68.5 Å². The van der Waals surface area contributed by atoms with E-state index in [-0.39, 0.29) is 9.80 Å². The van der Waals surface area contributed by atoms with E-state index in [1.54, 1.807) is 30.3 Å². The highest BCUT2D eigenvalue weighted by Gasteiger charge is 2.20.